The smallest absolute Gasteiger partial charge is 0.255 e. The number of sulfonamides is 1. The van der Waals surface area contributed by atoms with E-state index in [0.29, 0.717) is 11.3 Å². The molecule has 1 heterocycles. The van der Waals surface area contributed by atoms with Gasteiger partial charge >= 0.3 is 0 Å². The molecule has 26 heavy (non-hydrogen) atoms. The van der Waals surface area contributed by atoms with Gasteiger partial charge < -0.3 is 5.32 Å². The van der Waals surface area contributed by atoms with Crippen LogP contribution in [0.4, 0.5) is 5.69 Å². The van der Waals surface area contributed by atoms with Crippen molar-refractivity contribution in [3.05, 3.63) is 53.5 Å². The molecule has 0 atom stereocenters. The van der Waals surface area contributed by atoms with Crippen molar-refractivity contribution in [1.29, 1.82) is 0 Å². The van der Waals surface area contributed by atoms with E-state index in [9.17, 15) is 13.2 Å². The third-order valence-corrected chi connectivity index (χ3v) is 7.16. The minimum Gasteiger partial charge on any atom is -0.322 e. The molecule has 1 N–H and O–H groups in total. The summed E-state index contributed by atoms with van der Waals surface area (Å²) in [6.07, 6.45) is 1.81. The first-order valence-corrected chi connectivity index (χ1v) is 10.5. The number of nitrogens with zero attached hydrogens (tertiary/aromatic N) is 2. The molecular weight excluding hydrogens is 370 g/mol. The summed E-state index contributed by atoms with van der Waals surface area (Å²) in [7, 11) is -1.90. The number of hydrogen-bond donors (Lipinski definition) is 1. The largest absolute Gasteiger partial charge is 0.322 e. The molecule has 1 amide bonds. The van der Waals surface area contributed by atoms with E-state index >= 15 is 0 Å². The zero-order valence-electron chi connectivity index (χ0n) is 14.0. The van der Waals surface area contributed by atoms with Gasteiger partial charge in [0.25, 0.3) is 5.91 Å². The molecule has 1 aliphatic rings. The lowest BCUT2D eigenvalue weighted by atomic mass is 10.2. The summed E-state index contributed by atoms with van der Waals surface area (Å²) in [5.41, 5.74) is 3.73. The predicted molar refractivity (Wildman–Crippen MR) is 102 cm³/mol. The standard InChI is InChI=1S/C18H17N3O3S2/c1-21(14-5-6-14)26(23,24)15-7-2-12(3-8-15)18(22)20-13-4-9-16-17(10-13)25-11-19-16/h2-4,7-11,14H,5-6H2,1H3,(H,20,22). The first kappa shape index (κ1) is 17.1. The second-order valence-corrected chi connectivity index (χ2v) is 9.15. The van der Waals surface area contributed by atoms with Crippen LogP contribution in [0.25, 0.3) is 10.2 Å². The van der Waals surface area contributed by atoms with Crippen LogP contribution in [0.5, 0.6) is 0 Å². The van der Waals surface area contributed by atoms with Gasteiger partial charge in [0.05, 0.1) is 20.6 Å². The van der Waals surface area contributed by atoms with Gasteiger partial charge in [0.1, 0.15) is 0 Å². The summed E-state index contributed by atoms with van der Waals surface area (Å²) in [5, 5.41) is 2.83. The number of nitrogens with one attached hydrogen (secondary N) is 1. The van der Waals surface area contributed by atoms with Crippen LogP contribution >= 0.6 is 11.3 Å². The van der Waals surface area contributed by atoms with Crippen LogP contribution in [-0.4, -0.2) is 36.7 Å². The maximum Gasteiger partial charge on any atom is 0.255 e. The first-order chi connectivity index (χ1) is 12.4. The number of aromatic nitrogens is 1. The summed E-state index contributed by atoms with van der Waals surface area (Å²) in [6, 6.07) is 11.7. The van der Waals surface area contributed by atoms with E-state index < -0.39 is 10.0 Å². The molecule has 0 radical (unpaired) electrons. The topological polar surface area (TPSA) is 79.4 Å². The monoisotopic (exact) mass is 387 g/mol. The highest BCUT2D eigenvalue weighted by atomic mass is 32.2. The highest BCUT2D eigenvalue weighted by molar-refractivity contribution is 7.89. The van der Waals surface area contributed by atoms with Gasteiger partial charge in [-0.15, -0.1) is 11.3 Å². The lowest BCUT2D eigenvalue weighted by Crippen LogP contribution is -2.29. The second kappa shape index (κ2) is 6.46. The number of benzene rings is 2. The molecule has 3 aromatic rings. The number of thiazole rings is 1. The van der Waals surface area contributed by atoms with Gasteiger partial charge in [0, 0.05) is 24.3 Å². The Morgan fingerprint density at radius 3 is 2.62 bits per heavy atom. The van der Waals surface area contributed by atoms with Gasteiger partial charge in [-0.25, -0.2) is 13.4 Å². The molecule has 1 aliphatic carbocycles. The van der Waals surface area contributed by atoms with E-state index in [-0.39, 0.29) is 16.8 Å². The Morgan fingerprint density at radius 1 is 1.19 bits per heavy atom. The minimum atomic E-state index is -3.50. The molecule has 134 valence electrons. The Bertz CT molecular complexity index is 1070. The zero-order chi connectivity index (χ0) is 18.3. The SMILES string of the molecule is CN(C1CC1)S(=O)(=O)c1ccc(C(=O)Nc2ccc3ncsc3c2)cc1. The summed E-state index contributed by atoms with van der Waals surface area (Å²) >= 11 is 1.51. The normalized spacial score (nSPS) is 14.7. The number of carbonyl (C=O) groups is 1. The number of fused-ring (bicyclic) bond motifs is 1. The van der Waals surface area contributed by atoms with Gasteiger partial charge in [0.2, 0.25) is 10.0 Å². The van der Waals surface area contributed by atoms with Crippen LogP contribution in [0.15, 0.2) is 52.9 Å². The van der Waals surface area contributed by atoms with Crippen molar-refractivity contribution in [2.45, 2.75) is 23.8 Å². The molecule has 2 aromatic carbocycles. The van der Waals surface area contributed by atoms with Crippen LogP contribution < -0.4 is 5.32 Å². The molecule has 6 nitrogen and oxygen atoms in total. The van der Waals surface area contributed by atoms with Crippen molar-refractivity contribution >= 4 is 43.2 Å². The number of hydrogen-bond acceptors (Lipinski definition) is 5. The highest BCUT2D eigenvalue weighted by Gasteiger charge is 2.34. The molecule has 1 saturated carbocycles. The van der Waals surface area contributed by atoms with Crippen molar-refractivity contribution in [2.24, 2.45) is 0 Å². The Hall–Kier alpha value is -2.29. The van der Waals surface area contributed by atoms with Crippen molar-refractivity contribution < 1.29 is 13.2 Å². The van der Waals surface area contributed by atoms with Gasteiger partial charge in [-0.05, 0) is 55.3 Å². The summed E-state index contributed by atoms with van der Waals surface area (Å²) in [4.78, 5) is 16.8. The van der Waals surface area contributed by atoms with Crippen LogP contribution in [0, 0.1) is 0 Å². The van der Waals surface area contributed by atoms with E-state index in [1.54, 1.807) is 18.6 Å². The Labute approximate surface area is 155 Å². The molecule has 0 saturated heterocycles. The number of rotatable bonds is 5. The molecule has 0 aliphatic heterocycles. The maximum atomic E-state index is 12.5. The fraction of sp³-hybridized carbons (Fsp3) is 0.222. The highest BCUT2D eigenvalue weighted by Crippen LogP contribution is 2.30. The second-order valence-electron chi connectivity index (χ2n) is 6.27. The number of anilines is 1. The van der Waals surface area contributed by atoms with Gasteiger partial charge in [0.15, 0.2) is 0 Å². The van der Waals surface area contributed by atoms with Gasteiger partial charge in [-0.3, -0.25) is 4.79 Å². The van der Waals surface area contributed by atoms with E-state index in [1.807, 2.05) is 12.1 Å². The molecular formula is C18H17N3O3S2. The molecule has 0 unspecified atom stereocenters. The van der Waals surface area contributed by atoms with Crippen LogP contribution in [0.3, 0.4) is 0 Å². The third-order valence-electron chi connectivity index (χ3n) is 4.44. The average molecular weight is 387 g/mol. The molecule has 8 heteroatoms. The minimum absolute atomic E-state index is 0.102. The number of carbonyl (C=O) groups excluding carboxylic acids is 1. The average Bonchev–Trinajstić information content (AvgIpc) is 3.38. The van der Waals surface area contributed by atoms with E-state index in [1.165, 1.54) is 39.9 Å². The Kier molecular flexibility index (Phi) is 4.26. The van der Waals surface area contributed by atoms with E-state index in [4.69, 9.17) is 0 Å². The first-order valence-electron chi connectivity index (χ1n) is 8.18. The van der Waals surface area contributed by atoms with Crippen LogP contribution in [0.1, 0.15) is 23.2 Å². The van der Waals surface area contributed by atoms with Crippen molar-refractivity contribution in [3.8, 4) is 0 Å². The lowest BCUT2D eigenvalue weighted by molar-refractivity contribution is 0.102. The lowest BCUT2D eigenvalue weighted by Gasteiger charge is -2.16. The molecule has 0 bridgehead atoms. The van der Waals surface area contributed by atoms with Crippen molar-refractivity contribution in [2.75, 3.05) is 12.4 Å². The molecule has 1 fully saturated rings. The number of amides is 1. The third kappa shape index (κ3) is 3.23. The van der Waals surface area contributed by atoms with Crippen LogP contribution in [-0.2, 0) is 10.0 Å². The molecule has 4 rings (SSSR count). The van der Waals surface area contributed by atoms with Gasteiger partial charge in [-0.1, -0.05) is 0 Å². The quantitative estimate of drug-likeness (QED) is 0.728. The zero-order valence-corrected chi connectivity index (χ0v) is 15.7. The van der Waals surface area contributed by atoms with Crippen molar-refractivity contribution in [3.63, 3.8) is 0 Å². The predicted octanol–water partition coefficient (Wildman–Crippen LogP) is 3.33. The summed E-state index contributed by atoms with van der Waals surface area (Å²) in [5.74, 6) is -0.284. The van der Waals surface area contributed by atoms with E-state index in [0.717, 1.165) is 23.1 Å². The summed E-state index contributed by atoms with van der Waals surface area (Å²) in [6.45, 7) is 0. The Morgan fingerprint density at radius 2 is 1.92 bits per heavy atom. The Balaban J connectivity index is 1.51. The maximum absolute atomic E-state index is 12.5. The summed E-state index contributed by atoms with van der Waals surface area (Å²) < 4.78 is 27.4. The van der Waals surface area contributed by atoms with Crippen LogP contribution in [0.2, 0.25) is 0 Å². The molecule has 0 spiro atoms. The van der Waals surface area contributed by atoms with E-state index in [2.05, 4.69) is 10.3 Å². The molecule has 1 aromatic heterocycles. The fourth-order valence-corrected chi connectivity index (χ4v) is 4.85. The fourth-order valence-electron chi connectivity index (χ4n) is 2.72. The van der Waals surface area contributed by atoms with Gasteiger partial charge in [-0.2, -0.15) is 4.31 Å². The van der Waals surface area contributed by atoms with Crippen molar-refractivity contribution in [1.82, 2.24) is 9.29 Å².